The van der Waals surface area contributed by atoms with Crippen molar-refractivity contribution in [1.82, 2.24) is 4.90 Å². The summed E-state index contributed by atoms with van der Waals surface area (Å²) in [6.45, 7) is 1.23. The number of alkyl halides is 3. The molecule has 1 heterocycles. The standard InChI is InChI=1S/C22H16F3N3O3/c1-4-11-27-20(30)28(16-8-5-14(13-26)18(12-16)22(23,24)25)19(29)21(27,2)15-6-9-17(31-3)10-7-15/h1,5-10,12H,11H2,2-3H3/t21-/m1/s1. The van der Waals surface area contributed by atoms with Gasteiger partial charge in [-0.05, 0) is 42.8 Å². The Morgan fingerprint density at radius 1 is 1.16 bits per heavy atom. The number of benzene rings is 2. The van der Waals surface area contributed by atoms with E-state index in [1.807, 2.05) is 0 Å². The van der Waals surface area contributed by atoms with Gasteiger partial charge in [-0.25, -0.2) is 9.69 Å². The Labute approximate surface area is 176 Å². The average Bonchev–Trinajstić information content (AvgIpc) is 2.94. The molecule has 6 nitrogen and oxygen atoms in total. The number of urea groups is 1. The first kappa shape index (κ1) is 21.7. The van der Waals surface area contributed by atoms with Crippen molar-refractivity contribution < 1.29 is 27.5 Å². The van der Waals surface area contributed by atoms with E-state index in [0.29, 0.717) is 22.3 Å². The highest BCUT2D eigenvalue weighted by atomic mass is 19.4. The minimum absolute atomic E-state index is 0.244. The first-order valence-electron chi connectivity index (χ1n) is 8.95. The minimum Gasteiger partial charge on any atom is -0.497 e. The van der Waals surface area contributed by atoms with Gasteiger partial charge in [0.05, 0.1) is 36.5 Å². The molecule has 1 fully saturated rings. The van der Waals surface area contributed by atoms with Crippen molar-refractivity contribution in [1.29, 1.82) is 5.26 Å². The molecule has 0 unspecified atom stereocenters. The number of carbonyl (C=O) groups is 2. The molecule has 0 aromatic heterocycles. The van der Waals surface area contributed by atoms with Crippen molar-refractivity contribution in [3.05, 3.63) is 59.2 Å². The molecule has 1 aliphatic rings. The third-order valence-electron chi connectivity index (χ3n) is 5.17. The van der Waals surface area contributed by atoms with Crippen LogP contribution in [0.15, 0.2) is 42.5 Å². The molecule has 0 N–H and O–H groups in total. The van der Waals surface area contributed by atoms with Gasteiger partial charge in [0.1, 0.15) is 11.3 Å². The van der Waals surface area contributed by atoms with Gasteiger partial charge in [0.25, 0.3) is 5.91 Å². The van der Waals surface area contributed by atoms with Crippen LogP contribution in [-0.4, -0.2) is 30.5 Å². The quantitative estimate of drug-likeness (QED) is 0.548. The summed E-state index contributed by atoms with van der Waals surface area (Å²) >= 11 is 0. The molecule has 1 saturated heterocycles. The number of amides is 3. The van der Waals surface area contributed by atoms with E-state index < -0.39 is 34.8 Å². The molecule has 1 atom stereocenters. The molecule has 0 bridgehead atoms. The van der Waals surface area contributed by atoms with Crippen molar-refractivity contribution >= 4 is 17.6 Å². The number of anilines is 1. The van der Waals surface area contributed by atoms with Crippen LogP contribution in [0.25, 0.3) is 0 Å². The number of halogens is 3. The number of hydrogen-bond acceptors (Lipinski definition) is 4. The topological polar surface area (TPSA) is 73.6 Å². The molecule has 0 spiro atoms. The van der Waals surface area contributed by atoms with Gasteiger partial charge in [-0.1, -0.05) is 18.1 Å². The van der Waals surface area contributed by atoms with Crippen LogP contribution in [0, 0.1) is 23.7 Å². The molecule has 1 aliphatic heterocycles. The Kier molecular flexibility index (Phi) is 5.39. The summed E-state index contributed by atoms with van der Waals surface area (Å²) in [7, 11) is 1.47. The fourth-order valence-electron chi connectivity index (χ4n) is 3.47. The molecule has 158 valence electrons. The molecule has 31 heavy (non-hydrogen) atoms. The van der Waals surface area contributed by atoms with Crippen molar-refractivity contribution in [2.75, 3.05) is 18.6 Å². The van der Waals surface area contributed by atoms with Crippen molar-refractivity contribution in [3.63, 3.8) is 0 Å². The highest BCUT2D eigenvalue weighted by Crippen LogP contribution is 2.41. The minimum atomic E-state index is -4.84. The third-order valence-corrected chi connectivity index (χ3v) is 5.17. The lowest BCUT2D eigenvalue weighted by atomic mass is 9.90. The molecule has 3 rings (SSSR count). The number of hydrogen-bond donors (Lipinski definition) is 0. The van der Waals surface area contributed by atoms with Crippen molar-refractivity contribution in [2.24, 2.45) is 0 Å². The predicted molar refractivity (Wildman–Crippen MR) is 105 cm³/mol. The second-order valence-corrected chi connectivity index (χ2v) is 6.85. The zero-order valence-electron chi connectivity index (χ0n) is 16.5. The summed E-state index contributed by atoms with van der Waals surface area (Å²) in [5.74, 6) is 2.06. The maximum Gasteiger partial charge on any atom is 0.417 e. The summed E-state index contributed by atoms with van der Waals surface area (Å²) in [4.78, 5) is 28.3. The number of imide groups is 1. The van der Waals surface area contributed by atoms with Gasteiger partial charge in [-0.15, -0.1) is 6.42 Å². The first-order chi connectivity index (χ1) is 14.6. The number of methoxy groups -OCH3 is 1. The first-order valence-corrected chi connectivity index (χ1v) is 8.95. The van der Waals surface area contributed by atoms with Gasteiger partial charge >= 0.3 is 12.2 Å². The van der Waals surface area contributed by atoms with Crippen LogP contribution < -0.4 is 9.64 Å². The van der Waals surface area contributed by atoms with Crippen LogP contribution >= 0.6 is 0 Å². The molecule has 9 heteroatoms. The highest BCUT2D eigenvalue weighted by Gasteiger charge is 2.56. The van der Waals surface area contributed by atoms with E-state index in [-0.39, 0.29) is 12.2 Å². The van der Waals surface area contributed by atoms with Crippen LogP contribution in [-0.2, 0) is 16.5 Å². The van der Waals surface area contributed by atoms with E-state index in [4.69, 9.17) is 16.4 Å². The van der Waals surface area contributed by atoms with Gasteiger partial charge in [-0.3, -0.25) is 9.69 Å². The SMILES string of the molecule is C#CCN1C(=O)N(c2ccc(C#N)c(C(F)(F)F)c2)C(=O)[C@@]1(C)c1ccc(OC)cc1. The molecule has 0 saturated carbocycles. The second kappa shape index (κ2) is 7.69. The Morgan fingerprint density at radius 3 is 2.32 bits per heavy atom. The molecular formula is C22H16F3N3O3. The molecule has 2 aromatic carbocycles. The van der Waals surface area contributed by atoms with E-state index in [1.54, 1.807) is 24.3 Å². The lowest BCUT2D eigenvalue weighted by Gasteiger charge is -2.30. The van der Waals surface area contributed by atoms with Crippen molar-refractivity contribution in [2.45, 2.75) is 18.6 Å². The average molecular weight is 427 g/mol. The maximum absolute atomic E-state index is 13.4. The fraction of sp³-hybridized carbons (Fsp3) is 0.227. The third kappa shape index (κ3) is 3.44. The van der Waals surface area contributed by atoms with Gasteiger partial charge in [0, 0.05) is 0 Å². The summed E-state index contributed by atoms with van der Waals surface area (Å²) in [5, 5.41) is 8.99. The summed E-state index contributed by atoms with van der Waals surface area (Å²) in [6, 6.07) is 9.62. The van der Waals surface area contributed by atoms with E-state index >= 15 is 0 Å². The van der Waals surface area contributed by atoms with E-state index in [1.165, 1.54) is 20.1 Å². The number of nitriles is 1. The lowest BCUT2D eigenvalue weighted by Crippen LogP contribution is -2.44. The number of terminal acetylenes is 1. The second-order valence-electron chi connectivity index (χ2n) is 6.85. The Balaban J connectivity index is 2.16. The normalized spacial score (nSPS) is 18.7. The van der Waals surface area contributed by atoms with Gasteiger partial charge in [0.2, 0.25) is 0 Å². The molecule has 0 aliphatic carbocycles. The summed E-state index contributed by atoms with van der Waals surface area (Å²) in [6.07, 6.45) is 0.543. The van der Waals surface area contributed by atoms with Crippen LogP contribution in [0.3, 0.4) is 0 Å². The predicted octanol–water partition coefficient (Wildman–Crippen LogP) is 3.90. The number of rotatable bonds is 4. The molecule has 2 aromatic rings. The highest BCUT2D eigenvalue weighted by molar-refractivity contribution is 6.23. The van der Waals surface area contributed by atoms with Crippen LogP contribution in [0.2, 0.25) is 0 Å². The van der Waals surface area contributed by atoms with E-state index in [2.05, 4.69) is 5.92 Å². The van der Waals surface area contributed by atoms with Crippen LogP contribution in [0.4, 0.5) is 23.7 Å². The summed E-state index contributed by atoms with van der Waals surface area (Å²) in [5.41, 5.74) is -3.31. The Bertz CT molecular complexity index is 1130. The van der Waals surface area contributed by atoms with Crippen LogP contribution in [0.5, 0.6) is 5.75 Å². The number of nitrogens with zero attached hydrogens (tertiary/aromatic N) is 3. The zero-order valence-corrected chi connectivity index (χ0v) is 16.5. The smallest absolute Gasteiger partial charge is 0.417 e. The van der Waals surface area contributed by atoms with Gasteiger partial charge in [-0.2, -0.15) is 18.4 Å². The maximum atomic E-state index is 13.4. The largest absolute Gasteiger partial charge is 0.497 e. The molecular weight excluding hydrogens is 411 g/mol. The number of ether oxygens (including phenoxy) is 1. The fourth-order valence-corrected chi connectivity index (χ4v) is 3.47. The molecule has 3 amide bonds. The van der Waals surface area contributed by atoms with Gasteiger partial charge < -0.3 is 4.74 Å². The Morgan fingerprint density at radius 2 is 1.81 bits per heavy atom. The van der Waals surface area contributed by atoms with Crippen molar-refractivity contribution in [3.8, 4) is 24.2 Å². The monoisotopic (exact) mass is 427 g/mol. The Hall–Kier alpha value is -3.98. The van der Waals surface area contributed by atoms with E-state index in [0.717, 1.165) is 17.0 Å². The molecule has 0 radical (unpaired) electrons. The zero-order chi connectivity index (χ0) is 23.0. The lowest BCUT2D eigenvalue weighted by molar-refractivity contribution is -0.137. The van der Waals surface area contributed by atoms with Crippen LogP contribution in [0.1, 0.15) is 23.6 Å². The summed E-state index contributed by atoms with van der Waals surface area (Å²) < 4.78 is 45.3. The van der Waals surface area contributed by atoms with Gasteiger partial charge in [0.15, 0.2) is 0 Å². The van der Waals surface area contributed by atoms with E-state index in [9.17, 15) is 22.8 Å². The number of carbonyl (C=O) groups excluding carboxylic acids is 2.